The zero-order valence-corrected chi connectivity index (χ0v) is 14.9. The van der Waals surface area contributed by atoms with Crippen molar-refractivity contribution in [3.05, 3.63) is 40.9 Å². The van der Waals surface area contributed by atoms with Gasteiger partial charge in [-0.1, -0.05) is 30.8 Å². The van der Waals surface area contributed by atoms with Gasteiger partial charge in [0.2, 0.25) is 11.1 Å². The predicted molar refractivity (Wildman–Crippen MR) is 94.7 cm³/mol. The van der Waals surface area contributed by atoms with E-state index in [0.717, 1.165) is 17.8 Å². The van der Waals surface area contributed by atoms with Crippen LogP contribution >= 0.6 is 23.1 Å². The Morgan fingerprint density at radius 1 is 1.33 bits per heavy atom. The van der Waals surface area contributed by atoms with Crippen LogP contribution in [0.1, 0.15) is 18.2 Å². The van der Waals surface area contributed by atoms with E-state index >= 15 is 0 Å². The molecule has 0 fully saturated rings. The Bertz CT molecular complexity index is 827. The fourth-order valence-corrected chi connectivity index (χ4v) is 3.40. The fourth-order valence-electron chi connectivity index (χ4n) is 2.00. The Labute approximate surface area is 147 Å². The van der Waals surface area contributed by atoms with Crippen LogP contribution in [-0.2, 0) is 11.2 Å². The van der Waals surface area contributed by atoms with E-state index in [2.05, 4.69) is 32.7 Å². The Balaban J connectivity index is 1.63. The summed E-state index contributed by atoms with van der Waals surface area (Å²) in [5.74, 6) is 0.0803. The summed E-state index contributed by atoms with van der Waals surface area (Å²) in [5, 5.41) is 17.5. The Morgan fingerprint density at radius 3 is 2.79 bits per heavy atom. The van der Waals surface area contributed by atoms with E-state index in [9.17, 15) is 4.79 Å². The number of aryl methyl sites for hydroxylation is 2. The van der Waals surface area contributed by atoms with Gasteiger partial charge in [0.25, 0.3) is 0 Å². The molecule has 2 heterocycles. The van der Waals surface area contributed by atoms with Crippen molar-refractivity contribution in [1.29, 1.82) is 0 Å². The molecule has 0 saturated carbocycles. The van der Waals surface area contributed by atoms with Crippen molar-refractivity contribution >= 4 is 34.1 Å². The number of hydrogen-bond donors (Lipinski definition) is 1. The van der Waals surface area contributed by atoms with E-state index in [-0.39, 0.29) is 11.7 Å². The topological polar surface area (TPSA) is 85.6 Å². The van der Waals surface area contributed by atoms with Crippen molar-refractivity contribution in [2.75, 3.05) is 11.1 Å². The molecule has 0 aliphatic carbocycles. The quantitative estimate of drug-likeness (QED) is 0.680. The number of carbonyl (C=O) groups is 1. The first-order chi connectivity index (χ1) is 11.7. The minimum atomic E-state index is -0.134. The van der Waals surface area contributed by atoms with Crippen LogP contribution in [0.15, 0.2) is 34.8 Å². The number of hydrogen-bond acceptors (Lipinski definition) is 7. The van der Waals surface area contributed by atoms with E-state index in [1.54, 1.807) is 4.68 Å². The van der Waals surface area contributed by atoms with E-state index in [1.165, 1.54) is 28.7 Å². The average molecular weight is 360 g/mol. The molecule has 124 valence electrons. The second kappa shape index (κ2) is 7.54. The van der Waals surface area contributed by atoms with Crippen LogP contribution in [0.5, 0.6) is 0 Å². The SMILES string of the molecule is CCc1ccc(-n2nnnc2SCC(=O)Nc2nc(C)cs2)cc1. The van der Waals surface area contributed by atoms with E-state index < -0.39 is 0 Å². The molecule has 0 spiro atoms. The minimum Gasteiger partial charge on any atom is -0.301 e. The summed E-state index contributed by atoms with van der Waals surface area (Å²) in [6.45, 7) is 3.99. The van der Waals surface area contributed by atoms with Crippen LogP contribution in [-0.4, -0.2) is 36.9 Å². The van der Waals surface area contributed by atoms with Crippen molar-refractivity contribution in [3.63, 3.8) is 0 Å². The summed E-state index contributed by atoms with van der Waals surface area (Å²) in [6.07, 6.45) is 0.980. The number of tetrazole rings is 1. The normalized spacial score (nSPS) is 10.8. The van der Waals surface area contributed by atoms with Gasteiger partial charge in [-0.15, -0.1) is 16.4 Å². The van der Waals surface area contributed by atoms with Gasteiger partial charge in [-0.25, -0.2) is 4.98 Å². The lowest BCUT2D eigenvalue weighted by molar-refractivity contribution is -0.113. The highest BCUT2D eigenvalue weighted by Crippen LogP contribution is 2.20. The Kier molecular flexibility index (Phi) is 5.21. The molecule has 0 unspecified atom stereocenters. The van der Waals surface area contributed by atoms with Crippen LogP contribution in [0, 0.1) is 6.92 Å². The summed E-state index contributed by atoms with van der Waals surface area (Å²) >= 11 is 2.69. The van der Waals surface area contributed by atoms with Crippen molar-refractivity contribution < 1.29 is 4.79 Å². The third kappa shape index (κ3) is 3.98. The lowest BCUT2D eigenvalue weighted by Crippen LogP contribution is -2.14. The molecule has 1 aromatic carbocycles. The van der Waals surface area contributed by atoms with E-state index in [1.807, 2.05) is 36.6 Å². The number of carbonyl (C=O) groups excluding carboxylic acids is 1. The smallest absolute Gasteiger partial charge is 0.236 e. The largest absolute Gasteiger partial charge is 0.301 e. The number of aromatic nitrogens is 5. The summed E-state index contributed by atoms with van der Waals surface area (Å²) in [4.78, 5) is 16.2. The summed E-state index contributed by atoms with van der Waals surface area (Å²) in [5.41, 5.74) is 3.01. The molecule has 0 aliphatic rings. The van der Waals surface area contributed by atoms with Crippen molar-refractivity contribution in [3.8, 4) is 5.69 Å². The Hall–Kier alpha value is -2.26. The van der Waals surface area contributed by atoms with Gasteiger partial charge in [-0.3, -0.25) is 4.79 Å². The molecule has 3 rings (SSSR count). The van der Waals surface area contributed by atoms with Gasteiger partial charge in [-0.05, 0) is 41.5 Å². The predicted octanol–water partition coefficient (Wildman–Crippen LogP) is 2.72. The maximum Gasteiger partial charge on any atom is 0.236 e. The standard InChI is InChI=1S/C15H16N6OS2/c1-3-11-4-6-12(7-5-11)21-15(18-19-20-21)24-9-13(22)17-14-16-10(2)8-23-14/h4-8H,3,9H2,1-2H3,(H,16,17,22). The minimum absolute atomic E-state index is 0.134. The molecular formula is C15H16N6OS2. The highest BCUT2D eigenvalue weighted by molar-refractivity contribution is 7.99. The molecule has 0 bridgehead atoms. The van der Waals surface area contributed by atoms with Crippen LogP contribution in [0.3, 0.4) is 0 Å². The molecule has 7 nitrogen and oxygen atoms in total. The summed E-state index contributed by atoms with van der Waals surface area (Å²) in [6, 6.07) is 8.03. The van der Waals surface area contributed by atoms with Gasteiger partial charge in [0.05, 0.1) is 17.1 Å². The molecule has 3 aromatic rings. The van der Waals surface area contributed by atoms with Crippen LogP contribution in [0.2, 0.25) is 0 Å². The third-order valence-corrected chi connectivity index (χ3v) is 5.02. The van der Waals surface area contributed by atoms with Crippen molar-refractivity contribution in [2.24, 2.45) is 0 Å². The zero-order valence-electron chi connectivity index (χ0n) is 13.3. The lowest BCUT2D eigenvalue weighted by atomic mass is 10.1. The van der Waals surface area contributed by atoms with Gasteiger partial charge in [0.1, 0.15) is 0 Å². The molecule has 2 aromatic heterocycles. The molecule has 1 N–H and O–H groups in total. The average Bonchev–Trinajstić information content (AvgIpc) is 3.22. The van der Waals surface area contributed by atoms with Gasteiger partial charge >= 0.3 is 0 Å². The molecule has 9 heteroatoms. The number of anilines is 1. The number of nitrogens with zero attached hydrogens (tertiary/aromatic N) is 5. The first kappa shape index (κ1) is 16.6. The number of nitrogens with one attached hydrogen (secondary N) is 1. The first-order valence-electron chi connectivity index (χ1n) is 7.38. The number of thiazole rings is 1. The molecule has 0 aliphatic heterocycles. The van der Waals surface area contributed by atoms with Gasteiger partial charge in [-0.2, -0.15) is 4.68 Å². The zero-order chi connectivity index (χ0) is 16.9. The summed E-state index contributed by atoms with van der Waals surface area (Å²) < 4.78 is 1.63. The molecule has 0 saturated heterocycles. The summed E-state index contributed by atoms with van der Waals surface area (Å²) in [7, 11) is 0. The lowest BCUT2D eigenvalue weighted by Gasteiger charge is -2.05. The Morgan fingerprint density at radius 2 is 2.12 bits per heavy atom. The molecule has 0 atom stereocenters. The monoisotopic (exact) mass is 360 g/mol. The maximum atomic E-state index is 12.0. The number of thioether (sulfide) groups is 1. The fraction of sp³-hybridized carbons (Fsp3) is 0.267. The van der Waals surface area contributed by atoms with Crippen LogP contribution in [0.25, 0.3) is 5.69 Å². The van der Waals surface area contributed by atoms with Crippen molar-refractivity contribution in [1.82, 2.24) is 25.2 Å². The van der Waals surface area contributed by atoms with Gasteiger partial charge < -0.3 is 5.32 Å². The second-order valence-electron chi connectivity index (χ2n) is 5.02. The number of benzene rings is 1. The van der Waals surface area contributed by atoms with E-state index in [4.69, 9.17) is 0 Å². The van der Waals surface area contributed by atoms with Crippen LogP contribution in [0.4, 0.5) is 5.13 Å². The molecule has 24 heavy (non-hydrogen) atoms. The first-order valence-corrected chi connectivity index (χ1v) is 9.24. The number of amides is 1. The molecule has 1 amide bonds. The highest BCUT2D eigenvalue weighted by Gasteiger charge is 2.12. The van der Waals surface area contributed by atoms with Crippen LogP contribution < -0.4 is 5.32 Å². The molecule has 0 radical (unpaired) electrons. The molecular weight excluding hydrogens is 344 g/mol. The second-order valence-corrected chi connectivity index (χ2v) is 6.82. The highest BCUT2D eigenvalue weighted by atomic mass is 32.2. The maximum absolute atomic E-state index is 12.0. The van der Waals surface area contributed by atoms with E-state index in [0.29, 0.717) is 10.3 Å². The van der Waals surface area contributed by atoms with Gasteiger partial charge in [0, 0.05) is 5.38 Å². The number of rotatable bonds is 6. The van der Waals surface area contributed by atoms with Crippen molar-refractivity contribution in [2.45, 2.75) is 25.4 Å². The van der Waals surface area contributed by atoms with Gasteiger partial charge in [0.15, 0.2) is 5.13 Å². The third-order valence-electron chi connectivity index (χ3n) is 3.23.